The van der Waals surface area contributed by atoms with E-state index >= 15 is 0 Å². The Bertz CT molecular complexity index is 720. The van der Waals surface area contributed by atoms with E-state index < -0.39 is 6.04 Å². The SMILES string of the molecule is Cc1cc(C)n(-c2ccc(NC(=O)[C@H]3CCC(=O)N3)cn2)n1. The van der Waals surface area contributed by atoms with Crippen LogP contribution in [0.2, 0.25) is 0 Å². The zero-order chi connectivity index (χ0) is 15.7. The van der Waals surface area contributed by atoms with Crippen LogP contribution < -0.4 is 10.6 Å². The molecule has 1 saturated heterocycles. The van der Waals surface area contributed by atoms with Gasteiger partial charge in [0.15, 0.2) is 5.82 Å². The zero-order valence-electron chi connectivity index (χ0n) is 12.5. The number of anilines is 1. The summed E-state index contributed by atoms with van der Waals surface area (Å²) in [6.07, 6.45) is 2.51. The summed E-state index contributed by atoms with van der Waals surface area (Å²) in [4.78, 5) is 27.5. The first-order valence-corrected chi connectivity index (χ1v) is 7.13. The van der Waals surface area contributed by atoms with Gasteiger partial charge in [0.25, 0.3) is 0 Å². The fraction of sp³-hybridized carbons (Fsp3) is 0.333. The van der Waals surface area contributed by atoms with Gasteiger partial charge < -0.3 is 10.6 Å². The van der Waals surface area contributed by atoms with E-state index in [-0.39, 0.29) is 11.8 Å². The van der Waals surface area contributed by atoms with Crippen molar-refractivity contribution in [1.82, 2.24) is 20.1 Å². The Kier molecular flexibility index (Phi) is 3.62. The number of hydrogen-bond donors (Lipinski definition) is 2. The molecule has 7 nitrogen and oxygen atoms in total. The fourth-order valence-corrected chi connectivity index (χ4v) is 2.49. The number of hydrogen-bond acceptors (Lipinski definition) is 4. The number of carbonyl (C=O) groups is 2. The van der Waals surface area contributed by atoms with Crippen molar-refractivity contribution in [3.05, 3.63) is 35.8 Å². The van der Waals surface area contributed by atoms with Crippen LogP contribution in [0.15, 0.2) is 24.4 Å². The van der Waals surface area contributed by atoms with Crippen molar-refractivity contribution in [3.8, 4) is 5.82 Å². The van der Waals surface area contributed by atoms with Gasteiger partial charge in [-0.3, -0.25) is 9.59 Å². The van der Waals surface area contributed by atoms with Crippen LogP contribution in [-0.4, -0.2) is 32.6 Å². The largest absolute Gasteiger partial charge is 0.344 e. The van der Waals surface area contributed by atoms with Crippen LogP contribution in [0.3, 0.4) is 0 Å². The van der Waals surface area contributed by atoms with Crippen LogP contribution in [0.1, 0.15) is 24.2 Å². The van der Waals surface area contributed by atoms with Crippen molar-refractivity contribution in [2.75, 3.05) is 5.32 Å². The minimum Gasteiger partial charge on any atom is -0.344 e. The lowest BCUT2D eigenvalue weighted by atomic mass is 10.2. The van der Waals surface area contributed by atoms with Crippen LogP contribution in [0.25, 0.3) is 5.82 Å². The van der Waals surface area contributed by atoms with Gasteiger partial charge in [-0.2, -0.15) is 5.10 Å². The molecule has 114 valence electrons. The molecule has 2 amide bonds. The van der Waals surface area contributed by atoms with Crippen molar-refractivity contribution in [1.29, 1.82) is 0 Å². The third-order valence-electron chi connectivity index (χ3n) is 3.55. The molecule has 3 heterocycles. The molecule has 0 spiro atoms. The van der Waals surface area contributed by atoms with Gasteiger partial charge >= 0.3 is 0 Å². The molecule has 2 aromatic heterocycles. The first kappa shape index (κ1) is 14.2. The smallest absolute Gasteiger partial charge is 0.247 e. The van der Waals surface area contributed by atoms with Gasteiger partial charge in [0.2, 0.25) is 11.8 Å². The quantitative estimate of drug-likeness (QED) is 0.888. The van der Waals surface area contributed by atoms with Crippen LogP contribution in [0, 0.1) is 13.8 Å². The number of aromatic nitrogens is 3. The molecule has 0 bridgehead atoms. The van der Waals surface area contributed by atoms with Crippen molar-refractivity contribution >= 4 is 17.5 Å². The lowest BCUT2D eigenvalue weighted by Crippen LogP contribution is -2.37. The third-order valence-corrected chi connectivity index (χ3v) is 3.55. The van der Waals surface area contributed by atoms with Gasteiger partial charge in [-0.15, -0.1) is 0 Å². The molecule has 22 heavy (non-hydrogen) atoms. The molecule has 0 aliphatic carbocycles. The molecule has 1 atom stereocenters. The molecule has 3 rings (SSSR count). The van der Waals surface area contributed by atoms with E-state index in [1.165, 1.54) is 0 Å². The topological polar surface area (TPSA) is 88.9 Å². The summed E-state index contributed by atoms with van der Waals surface area (Å²) in [5.41, 5.74) is 2.51. The molecule has 0 radical (unpaired) electrons. The average molecular weight is 299 g/mol. The summed E-state index contributed by atoms with van der Waals surface area (Å²) < 4.78 is 1.75. The fourth-order valence-electron chi connectivity index (χ4n) is 2.49. The predicted octanol–water partition coefficient (Wildman–Crippen LogP) is 1.10. The molecule has 1 aliphatic heterocycles. The van der Waals surface area contributed by atoms with E-state index in [9.17, 15) is 9.59 Å². The highest BCUT2D eigenvalue weighted by molar-refractivity contribution is 5.98. The number of rotatable bonds is 3. The van der Waals surface area contributed by atoms with Gasteiger partial charge in [0.1, 0.15) is 6.04 Å². The Balaban J connectivity index is 1.70. The van der Waals surface area contributed by atoms with Crippen LogP contribution >= 0.6 is 0 Å². The van der Waals surface area contributed by atoms with Crippen molar-refractivity contribution in [2.24, 2.45) is 0 Å². The molecule has 1 aliphatic rings. The zero-order valence-corrected chi connectivity index (χ0v) is 12.5. The summed E-state index contributed by atoms with van der Waals surface area (Å²) in [7, 11) is 0. The second-order valence-corrected chi connectivity index (χ2v) is 5.39. The summed E-state index contributed by atoms with van der Waals surface area (Å²) >= 11 is 0. The summed E-state index contributed by atoms with van der Waals surface area (Å²) in [6, 6.07) is 5.08. The normalized spacial score (nSPS) is 17.4. The highest BCUT2D eigenvalue weighted by atomic mass is 16.2. The first-order valence-electron chi connectivity index (χ1n) is 7.13. The summed E-state index contributed by atoms with van der Waals surface area (Å²) in [6.45, 7) is 3.88. The number of nitrogens with zero attached hydrogens (tertiary/aromatic N) is 3. The van der Waals surface area contributed by atoms with Crippen LogP contribution in [0.5, 0.6) is 0 Å². The molecular formula is C15H17N5O2. The Hall–Kier alpha value is -2.70. The van der Waals surface area contributed by atoms with E-state index in [0.29, 0.717) is 24.3 Å². The molecule has 7 heteroatoms. The standard InChI is InChI=1S/C15H17N5O2/c1-9-7-10(2)20(19-9)13-5-3-11(8-16-13)17-15(22)12-4-6-14(21)18-12/h3,5,7-8,12H,4,6H2,1-2H3,(H,17,22)(H,18,21)/t12-/m1/s1. The molecule has 0 aromatic carbocycles. The van der Waals surface area contributed by atoms with Crippen molar-refractivity contribution in [2.45, 2.75) is 32.7 Å². The molecule has 0 saturated carbocycles. The number of carbonyl (C=O) groups excluding carboxylic acids is 2. The maximum absolute atomic E-state index is 12.0. The second-order valence-electron chi connectivity index (χ2n) is 5.39. The van der Waals surface area contributed by atoms with E-state index in [4.69, 9.17) is 0 Å². The molecular weight excluding hydrogens is 282 g/mol. The lowest BCUT2D eigenvalue weighted by Gasteiger charge is -2.11. The lowest BCUT2D eigenvalue weighted by molar-refractivity contribution is -0.122. The second kappa shape index (κ2) is 5.59. The minimum absolute atomic E-state index is 0.0850. The van der Waals surface area contributed by atoms with Crippen LogP contribution in [-0.2, 0) is 9.59 Å². The van der Waals surface area contributed by atoms with Crippen molar-refractivity contribution < 1.29 is 9.59 Å². The molecule has 0 unspecified atom stereocenters. The Morgan fingerprint density at radius 2 is 2.23 bits per heavy atom. The maximum Gasteiger partial charge on any atom is 0.247 e. The minimum atomic E-state index is -0.455. The molecule has 2 aromatic rings. The highest BCUT2D eigenvalue weighted by Gasteiger charge is 2.27. The monoisotopic (exact) mass is 299 g/mol. The Morgan fingerprint density at radius 3 is 2.77 bits per heavy atom. The number of amides is 2. The van der Waals surface area contributed by atoms with E-state index in [1.54, 1.807) is 23.0 Å². The van der Waals surface area contributed by atoms with Crippen molar-refractivity contribution in [3.63, 3.8) is 0 Å². The van der Waals surface area contributed by atoms with Gasteiger partial charge in [-0.1, -0.05) is 0 Å². The van der Waals surface area contributed by atoms with Gasteiger partial charge in [-0.05, 0) is 38.5 Å². The summed E-state index contributed by atoms with van der Waals surface area (Å²) in [5.74, 6) is 0.391. The van der Waals surface area contributed by atoms with Gasteiger partial charge in [0.05, 0.1) is 17.6 Å². The summed E-state index contributed by atoms with van der Waals surface area (Å²) in [5, 5.41) is 9.75. The first-order chi connectivity index (χ1) is 10.5. The third kappa shape index (κ3) is 2.83. The Morgan fingerprint density at radius 1 is 1.41 bits per heavy atom. The predicted molar refractivity (Wildman–Crippen MR) is 80.6 cm³/mol. The number of aryl methyl sites for hydroxylation is 2. The Labute approximate surface area is 127 Å². The number of pyridine rings is 1. The number of nitrogens with one attached hydrogen (secondary N) is 2. The molecule has 1 fully saturated rings. The highest BCUT2D eigenvalue weighted by Crippen LogP contribution is 2.14. The van der Waals surface area contributed by atoms with E-state index in [2.05, 4.69) is 20.7 Å². The van der Waals surface area contributed by atoms with E-state index in [1.807, 2.05) is 19.9 Å². The van der Waals surface area contributed by atoms with Gasteiger partial charge in [0, 0.05) is 12.1 Å². The van der Waals surface area contributed by atoms with E-state index in [0.717, 1.165) is 11.4 Å². The van der Waals surface area contributed by atoms with Gasteiger partial charge in [-0.25, -0.2) is 9.67 Å². The maximum atomic E-state index is 12.0. The molecule has 2 N–H and O–H groups in total. The average Bonchev–Trinajstić information content (AvgIpc) is 3.05. The van der Waals surface area contributed by atoms with Crippen LogP contribution in [0.4, 0.5) is 5.69 Å².